The molecule has 1 aliphatic heterocycles. The van der Waals surface area contributed by atoms with Gasteiger partial charge in [0.2, 0.25) is 0 Å². The largest absolute Gasteiger partial charge is 0.496 e. The number of aromatic nitrogens is 2. The Labute approximate surface area is 115 Å². The van der Waals surface area contributed by atoms with E-state index in [4.69, 9.17) is 25.6 Å². The highest BCUT2D eigenvalue weighted by molar-refractivity contribution is 6.30. The van der Waals surface area contributed by atoms with Crippen LogP contribution in [0.1, 0.15) is 18.2 Å². The van der Waals surface area contributed by atoms with Gasteiger partial charge in [-0.25, -0.2) is 0 Å². The molecule has 6 heteroatoms. The molecule has 1 aromatic heterocycles. The van der Waals surface area contributed by atoms with E-state index in [2.05, 4.69) is 10.1 Å². The molecule has 5 nitrogen and oxygen atoms in total. The summed E-state index contributed by atoms with van der Waals surface area (Å²) in [6.07, 6.45) is 0.927. The number of methoxy groups -OCH3 is 1. The van der Waals surface area contributed by atoms with E-state index in [-0.39, 0.29) is 5.92 Å². The number of hydrogen-bond acceptors (Lipinski definition) is 5. The highest BCUT2D eigenvalue weighted by atomic mass is 35.5. The zero-order valence-corrected chi connectivity index (χ0v) is 11.2. The molecule has 1 aliphatic rings. The van der Waals surface area contributed by atoms with Gasteiger partial charge in [-0.05, 0) is 24.6 Å². The lowest BCUT2D eigenvalue weighted by molar-refractivity contribution is 0.192. The van der Waals surface area contributed by atoms with Gasteiger partial charge in [0.25, 0.3) is 5.89 Å². The lowest BCUT2D eigenvalue weighted by Gasteiger charge is -2.04. The van der Waals surface area contributed by atoms with Crippen molar-refractivity contribution < 1.29 is 14.0 Å². The Morgan fingerprint density at radius 1 is 1.42 bits per heavy atom. The first kappa shape index (κ1) is 12.4. The molecule has 3 rings (SSSR count). The third kappa shape index (κ3) is 2.43. The second-order valence-electron chi connectivity index (χ2n) is 4.36. The van der Waals surface area contributed by atoms with Gasteiger partial charge in [-0.15, -0.1) is 0 Å². The Bertz CT molecular complexity index is 579. The summed E-state index contributed by atoms with van der Waals surface area (Å²) in [5, 5.41) is 4.62. The maximum Gasteiger partial charge on any atom is 0.261 e. The molecule has 0 amide bonds. The minimum Gasteiger partial charge on any atom is -0.496 e. The van der Waals surface area contributed by atoms with Crippen LogP contribution in [0.25, 0.3) is 11.5 Å². The van der Waals surface area contributed by atoms with E-state index >= 15 is 0 Å². The van der Waals surface area contributed by atoms with E-state index in [1.807, 2.05) is 6.07 Å². The molecule has 0 spiro atoms. The van der Waals surface area contributed by atoms with Crippen LogP contribution in [-0.2, 0) is 4.74 Å². The van der Waals surface area contributed by atoms with Gasteiger partial charge in [0.15, 0.2) is 5.82 Å². The van der Waals surface area contributed by atoms with Crippen LogP contribution in [-0.4, -0.2) is 30.5 Å². The average molecular weight is 281 g/mol. The van der Waals surface area contributed by atoms with E-state index in [0.717, 1.165) is 18.6 Å². The standard InChI is InChI=1S/C13H13ClN2O3/c1-17-11-6-9(14)2-3-10(11)13-15-12(16-19-13)8-4-5-18-7-8/h2-3,6,8H,4-5,7H2,1H3/t8-/m1/s1. The van der Waals surface area contributed by atoms with Crippen molar-refractivity contribution in [2.24, 2.45) is 0 Å². The van der Waals surface area contributed by atoms with Crippen LogP contribution in [0.5, 0.6) is 5.75 Å². The van der Waals surface area contributed by atoms with Gasteiger partial charge in [-0.1, -0.05) is 16.8 Å². The molecule has 1 atom stereocenters. The fourth-order valence-electron chi connectivity index (χ4n) is 2.09. The highest BCUT2D eigenvalue weighted by Crippen LogP contribution is 2.32. The topological polar surface area (TPSA) is 57.4 Å². The third-order valence-corrected chi connectivity index (χ3v) is 3.37. The molecule has 1 aromatic carbocycles. The Morgan fingerprint density at radius 3 is 3.05 bits per heavy atom. The van der Waals surface area contributed by atoms with Gasteiger partial charge in [0.05, 0.1) is 19.3 Å². The average Bonchev–Trinajstić information content (AvgIpc) is 3.09. The van der Waals surface area contributed by atoms with Crippen LogP contribution in [0, 0.1) is 0 Å². The smallest absolute Gasteiger partial charge is 0.261 e. The van der Waals surface area contributed by atoms with E-state index in [1.54, 1.807) is 19.2 Å². The van der Waals surface area contributed by atoms with Crippen molar-refractivity contribution in [3.8, 4) is 17.2 Å². The third-order valence-electron chi connectivity index (χ3n) is 3.13. The summed E-state index contributed by atoms with van der Waals surface area (Å²) in [5.74, 6) is 1.96. The molecule has 100 valence electrons. The summed E-state index contributed by atoms with van der Waals surface area (Å²) in [6, 6.07) is 5.30. The first-order valence-electron chi connectivity index (χ1n) is 6.03. The van der Waals surface area contributed by atoms with E-state index in [0.29, 0.717) is 29.1 Å². The van der Waals surface area contributed by atoms with E-state index < -0.39 is 0 Å². The predicted molar refractivity (Wildman–Crippen MR) is 69.5 cm³/mol. The predicted octanol–water partition coefficient (Wildman–Crippen LogP) is 2.90. The van der Waals surface area contributed by atoms with E-state index in [9.17, 15) is 0 Å². The normalized spacial score (nSPS) is 18.7. The molecule has 19 heavy (non-hydrogen) atoms. The maximum atomic E-state index is 5.93. The lowest BCUT2D eigenvalue weighted by atomic mass is 10.1. The van der Waals surface area contributed by atoms with Gasteiger partial charge in [-0.2, -0.15) is 4.98 Å². The van der Waals surface area contributed by atoms with Crippen LogP contribution < -0.4 is 4.74 Å². The molecule has 0 N–H and O–H groups in total. The Morgan fingerprint density at radius 2 is 2.32 bits per heavy atom. The van der Waals surface area contributed by atoms with Crippen molar-refractivity contribution in [1.82, 2.24) is 10.1 Å². The van der Waals surface area contributed by atoms with Crippen molar-refractivity contribution in [1.29, 1.82) is 0 Å². The minimum atomic E-state index is 0.218. The van der Waals surface area contributed by atoms with Gasteiger partial charge in [0.1, 0.15) is 5.75 Å². The molecular formula is C13H13ClN2O3. The molecule has 0 saturated carbocycles. The van der Waals surface area contributed by atoms with Crippen LogP contribution in [0.2, 0.25) is 5.02 Å². The second-order valence-corrected chi connectivity index (χ2v) is 4.80. The van der Waals surface area contributed by atoms with Crippen LogP contribution in [0.3, 0.4) is 0 Å². The molecule has 0 radical (unpaired) electrons. The highest BCUT2D eigenvalue weighted by Gasteiger charge is 2.24. The number of rotatable bonds is 3. The van der Waals surface area contributed by atoms with Gasteiger partial charge in [0, 0.05) is 17.5 Å². The van der Waals surface area contributed by atoms with Crippen LogP contribution in [0.15, 0.2) is 22.7 Å². The Hall–Kier alpha value is -1.59. The summed E-state index contributed by atoms with van der Waals surface area (Å²) in [6.45, 7) is 1.40. The molecule has 0 bridgehead atoms. The minimum absolute atomic E-state index is 0.218. The number of hydrogen-bond donors (Lipinski definition) is 0. The molecule has 0 unspecified atom stereocenters. The maximum absolute atomic E-state index is 5.93. The van der Waals surface area contributed by atoms with Crippen molar-refractivity contribution in [2.75, 3.05) is 20.3 Å². The summed E-state index contributed by atoms with van der Waals surface area (Å²) in [7, 11) is 1.58. The molecule has 1 fully saturated rings. The first-order valence-corrected chi connectivity index (χ1v) is 6.41. The van der Waals surface area contributed by atoms with Gasteiger partial charge >= 0.3 is 0 Å². The summed E-state index contributed by atoms with van der Waals surface area (Å²) in [5.41, 5.74) is 0.740. The quantitative estimate of drug-likeness (QED) is 0.865. The fraction of sp³-hybridized carbons (Fsp3) is 0.385. The second kappa shape index (κ2) is 5.19. The van der Waals surface area contributed by atoms with Gasteiger partial charge < -0.3 is 14.0 Å². The number of ether oxygens (including phenoxy) is 2. The zero-order valence-electron chi connectivity index (χ0n) is 10.4. The SMILES string of the molecule is COc1cc(Cl)ccc1-c1nc([C@@H]2CCOC2)no1. The summed E-state index contributed by atoms with van der Waals surface area (Å²) in [4.78, 5) is 4.42. The van der Waals surface area contributed by atoms with Gasteiger partial charge in [-0.3, -0.25) is 0 Å². The van der Waals surface area contributed by atoms with E-state index in [1.165, 1.54) is 0 Å². The zero-order chi connectivity index (χ0) is 13.2. The van der Waals surface area contributed by atoms with Crippen LogP contribution >= 0.6 is 11.6 Å². The van der Waals surface area contributed by atoms with Crippen molar-refractivity contribution in [3.05, 3.63) is 29.0 Å². The van der Waals surface area contributed by atoms with Crippen LogP contribution in [0.4, 0.5) is 0 Å². The molecule has 1 saturated heterocycles. The molecular weight excluding hydrogens is 268 g/mol. The Kier molecular flexibility index (Phi) is 3.40. The van der Waals surface area contributed by atoms with Crippen molar-refractivity contribution >= 4 is 11.6 Å². The molecule has 2 aromatic rings. The van der Waals surface area contributed by atoms with Crippen molar-refractivity contribution in [2.45, 2.75) is 12.3 Å². The fourth-order valence-corrected chi connectivity index (χ4v) is 2.25. The summed E-state index contributed by atoms with van der Waals surface area (Å²) < 4.78 is 15.9. The monoisotopic (exact) mass is 280 g/mol. The first-order chi connectivity index (χ1) is 9.28. The molecule has 0 aliphatic carbocycles. The lowest BCUT2D eigenvalue weighted by Crippen LogP contribution is -1.99. The Balaban J connectivity index is 1.93. The molecule has 2 heterocycles. The number of halogens is 1. The number of benzene rings is 1. The summed E-state index contributed by atoms with van der Waals surface area (Å²) >= 11 is 5.93. The van der Waals surface area contributed by atoms with Crippen molar-refractivity contribution in [3.63, 3.8) is 0 Å². The number of nitrogens with zero attached hydrogens (tertiary/aromatic N) is 2.